The minimum atomic E-state index is -3.18. The number of aliphatic hydroxyl groups excluding tert-OH is 1. The maximum Gasteiger partial charge on any atom is 0.155 e. The Balaban J connectivity index is 2.19. The third kappa shape index (κ3) is 3.10. The number of benzene rings is 1. The van der Waals surface area contributed by atoms with Gasteiger partial charge in [0.05, 0.1) is 43.6 Å². The maximum absolute atomic E-state index is 11.4. The van der Waals surface area contributed by atoms with Crippen LogP contribution in [-0.2, 0) is 9.84 Å². The zero-order chi connectivity index (χ0) is 14.0. The van der Waals surface area contributed by atoms with Crippen LogP contribution in [0.1, 0.15) is 0 Å². The molecule has 0 bridgehead atoms. The number of ether oxygens (including phenoxy) is 2. The molecule has 1 aliphatic rings. The molecule has 0 spiro atoms. The highest BCUT2D eigenvalue weighted by Crippen LogP contribution is 2.30. The van der Waals surface area contributed by atoms with Gasteiger partial charge in [-0.2, -0.15) is 0 Å². The van der Waals surface area contributed by atoms with E-state index in [0.29, 0.717) is 17.2 Å². The third-order valence-electron chi connectivity index (χ3n) is 3.07. The Morgan fingerprint density at radius 1 is 1.26 bits per heavy atom. The average molecular weight is 287 g/mol. The number of hydrogen-bond acceptors (Lipinski definition) is 6. The smallest absolute Gasteiger partial charge is 0.155 e. The van der Waals surface area contributed by atoms with Crippen molar-refractivity contribution in [3.63, 3.8) is 0 Å². The van der Waals surface area contributed by atoms with E-state index >= 15 is 0 Å². The number of anilines is 1. The lowest BCUT2D eigenvalue weighted by Crippen LogP contribution is -2.31. The zero-order valence-electron chi connectivity index (χ0n) is 10.8. The molecule has 1 aliphatic heterocycles. The number of aliphatic hydroxyl groups is 1. The van der Waals surface area contributed by atoms with Gasteiger partial charge in [0.1, 0.15) is 11.5 Å². The van der Waals surface area contributed by atoms with E-state index in [4.69, 9.17) is 9.47 Å². The summed E-state index contributed by atoms with van der Waals surface area (Å²) in [5, 5.41) is 12.8. The van der Waals surface area contributed by atoms with Gasteiger partial charge in [-0.25, -0.2) is 8.42 Å². The molecule has 0 saturated carbocycles. The van der Waals surface area contributed by atoms with Gasteiger partial charge in [0.25, 0.3) is 0 Å². The number of hydrogen-bond donors (Lipinski definition) is 2. The van der Waals surface area contributed by atoms with E-state index in [9.17, 15) is 13.5 Å². The van der Waals surface area contributed by atoms with Gasteiger partial charge in [-0.3, -0.25) is 0 Å². The molecule has 2 atom stereocenters. The molecule has 7 heteroatoms. The molecule has 1 fully saturated rings. The van der Waals surface area contributed by atoms with Crippen molar-refractivity contribution in [1.29, 1.82) is 0 Å². The van der Waals surface area contributed by atoms with Crippen LogP contribution >= 0.6 is 0 Å². The van der Waals surface area contributed by atoms with E-state index in [1.165, 1.54) is 7.11 Å². The van der Waals surface area contributed by atoms with Crippen molar-refractivity contribution >= 4 is 15.5 Å². The van der Waals surface area contributed by atoms with Gasteiger partial charge >= 0.3 is 0 Å². The summed E-state index contributed by atoms with van der Waals surface area (Å²) in [6.45, 7) is 0. The van der Waals surface area contributed by atoms with Crippen molar-refractivity contribution in [3.8, 4) is 11.5 Å². The summed E-state index contributed by atoms with van der Waals surface area (Å²) >= 11 is 0. The Hall–Kier alpha value is -1.47. The van der Waals surface area contributed by atoms with Gasteiger partial charge < -0.3 is 19.9 Å². The van der Waals surface area contributed by atoms with Crippen molar-refractivity contribution in [2.45, 2.75) is 12.1 Å². The van der Waals surface area contributed by atoms with Gasteiger partial charge in [-0.15, -0.1) is 0 Å². The first-order valence-electron chi connectivity index (χ1n) is 5.82. The maximum atomic E-state index is 11.4. The molecule has 2 unspecified atom stereocenters. The predicted octanol–water partition coefficient (Wildman–Crippen LogP) is 0.274. The first-order valence-corrected chi connectivity index (χ1v) is 7.64. The third-order valence-corrected chi connectivity index (χ3v) is 4.79. The normalized spacial score (nSPS) is 25.0. The van der Waals surface area contributed by atoms with E-state index < -0.39 is 22.0 Å². The van der Waals surface area contributed by atoms with Crippen LogP contribution in [0.25, 0.3) is 0 Å². The fourth-order valence-electron chi connectivity index (χ4n) is 2.08. The van der Waals surface area contributed by atoms with E-state index in [-0.39, 0.29) is 11.5 Å². The van der Waals surface area contributed by atoms with Crippen LogP contribution in [0.15, 0.2) is 18.2 Å². The lowest BCUT2D eigenvalue weighted by Gasteiger charge is -2.18. The molecule has 0 aromatic heterocycles. The van der Waals surface area contributed by atoms with E-state index in [0.717, 1.165) is 0 Å². The summed E-state index contributed by atoms with van der Waals surface area (Å²) < 4.78 is 33.2. The van der Waals surface area contributed by atoms with E-state index in [1.54, 1.807) is 25.3 Å². The van der Waals surface area contributed by atoms with Gasteiger partial charge in [0.2, 0.25) is 0 Å². The minimum Gasteiger partial charge on any atom is -0.497 e. The largest absolute Gasteiger partial charge is 0.497 e. The van der Waals surface area contributed by atoms with Crippen molar-refractivity contribution < 1.29 is 23.0 Å². The highest BCUT2D eigenvalue weighted by Gasteiger charge is 2.36. The molecule has 0 amide bonds. The van der Waals surface area contributed by atoms with Crippen LogP contribution in [0.2, 0.25) is 0 Å². The van der Waals surface area contributed by atoms with E-state index in [1.807, 2.05) is 0 Å². The monoisotopic (exact) mass is 287 g/mol. The number of nitrogens with one attached hydrogen (secondary N) is 1. The Morgan fingerprint density at radius 3 is 2.53 bits per heavy atom. The fraction of sp³-hybridized carbons (Fsp3) is 0.500. The van der Waals surface area contributed by atoms with Crippen molar-refractivity contribution in [2.75, 3.05) is 31.0 Å². The van der Waals surface area contributed by atoms with Crippen molar-refractivity contribution in [2.24, 2.45) is 0 Å². The second-order valence-corrected chi connectivity index (χ2v) is 6.62. The molecule has 6 nitrogen and oxygen atoms in total. The molecule has 106 valence electrons. The Morgan fingerprint density at radius 2 is 2.00 bits per heavy atom. The Labute approximate surface area is 112 Å². The predicted molar refractivity (Wildman–Crippen MR) is 71.6 cm³/mol. The average Bonchev–Trinajstić information content (AvgIpc) is 2.62. The molecular weight excluding hydrogens is 270 g/mol. The highest BCUT2D eigenvalue weighted by molar-refractivity contribution is 7.91. The van der Waals surface area contributed by atoms with Gasteiger partial charge in [-0.05, 0) is 12.1 Å². The molecule has 1 heterocycles. The van der Waals surface area contributed by atoms with Crippen molar-refractivity contribution in [3.05, 3.63) is 18.2 Å². The Kier molecular flexibility index (Phi) is 3.86. The lowest BCUT2D eigenvalue weighted by atomic mass is 10.2. The molecule has 1 aromatic carbocycles. The summed E-state index contributed by atoms with van der Waals surface area (Å²) in [7, 11) is -0.109. The summed E-state index contributed by atoms with van der Waals surface area (Å²) in [5.41, 5.74) is 0.629. The topological polar surface area (TPSA) is 84.9 Å². The molecule has 2 rings (SSSR count). The van der Waals surface area contributed by atoms with Gasteiger partial charge in [-0.1, -0.05) is 0 Å². The minimum absolute atomic E-state index is 0.0800. The summed E-state index contributed by atoms with van der Waals surface area (Å²) in [6, 6.07) is 4.64. The quantitative estimate of drug-likeness (QED) is 0.827. The van der Waals surface area contributed by atoms with Gasteiger partial charge in [0, 0.05) is 6.07 Å². The van der Waals surface area contributed by atoms with E-state index in [2.05, 4.69) is 5.32 Å². The van der Waals surface area contributed by atoms with Crippen LogP contribution < -0.4 is 14.8 Å². The first-order chi connectivity index (χ1) is 8.95. The molecule has 1 aromatic rings. The second kappa shape index (κ2) is 5.26. The standard InChI is InChI=1S/C12H17NO5S/c1-17-8-3-4-9(12(5-8)18-2)13-10-6-19(15,16)7-11(10)14/h3-5,10-11,13-14H,6-7H2,1-2H3. The molecule has 19 heavy (non-hydrogen) atoms. The molecule has 1 saturated heterocycles. The Bertz CT molecular complexity index is 557. The van der Waals surface area contributed by atoms with Crippen LogP contribution in [0.3, 0.4) is 0 Å². The second-order valence-electron chi connectivity index (χ2n) is 4.46. The van der Waals surface area contributed by atoms with Crippen molar-refractivity contribution in [1.82, 2.24) is 0 Å². The van der Waals surface area contributed by atoms with Crippen LogP contribution in [0.5, 0.6) is 11.5 Å². The molecular formula is C12H17NO5S. The lowest BCUT2D eigenvalue weighted by molar-refractivity contribution is 0.190. The number of rotatable bonds is 4. The molecule has 0 radical (unpaired) electrons. The van der Waals surface area contributed by atoms with Crippen LogP contribution in [0.4, 0.5) is 5.69 Å². The number of methoxy groups -OCH3 is 2. The summed E-state index contributed by atoms with van der Waals surface area (Å²) in [6.07, 6.45) is -0.906. The fourth-order valence-corrected chi connectivity index (χ4v) is 3.83. The molecule has 2 N–H and O–H groups in total. The van der Waals surface area contributed by atoms with Crippen LogP contribution in [0, 0.1) is 0 Å². The highest BCUT2D eigenvalue weighted by atomic mass is 32.2. The zero-order valence-corrected chi connectivity index (χ0v) is 11.6. The summed E-state index contributed by atoms with van der Waals surface area (Å²) in [4.78, 5) is 0. The molecule has 0 aliphatic carbocycles. The summed E-state index contributed by atoms with van der Waals surface area (Å²) in [5.74, 6) is 0.893. The number of sulfone groups is 1. The van der Waals surface area contributed by atoms with Crippen LogP contribution in [-0.4, -0.2) is 51.4 Å². The van der Waals surface area contributed by atoms with Gasteiger partial charge in [0.15, 0.2) is 9.84 Å². The first kappa shape index (κ1) is 14.0. The SMILES string of the molecule is COc1ccc(NC2CS(=O)(=O)CC2O)c(OC)c1.